The molecule has 1 atom stereocenters. The Hall–Kier alpha value is -2.01. The minimum Gasteiger partial charge on any atom is -0.410 e. The van der Waals surface area contributed by atoms with E-state index < -0.39 is 70.0 Å². The predicted octanol–water partition coefficient (Wildman–Crippen LogP) is 2.32. The minimum absolute atomic E-state index is 1.10. The average molecular weight is 481 g/mol. The second-order valence-corrected chi connectivity index (χ2v) is 7.29. The van der Waals surface area contributed by atoms with E-state index >= 15 is 0 Å². The summed E-state index contributed by atoms with van der Waals surface area (Å²) in [5, 5.41) is -4.59. The van der Waals surface area contributed by atoms with Crippen molar-refractivity contribution in [2.75, 3.05) is 6.61 Å². The largest absolute Gasteiger partial charge is 0.466 e. The van der Waals surface area contributed by atoms with Gasteiger partial charge >= 0.3 is 45.1 Å². The van der Waals surface area contributed by atoms with Crippen LogP contribution in [-0.2, 0) is 29.2 Å². The van der Waals surface area contributed by atoms with Crippen molar-refractivity contribution in [3.8, 4) is 0 Å². The minimum atomic E-state index is -6.70. The van der Waals surface area contributed by atoms with E-state index in [4.69, 9.17) is 4.55 Å². The molecule has 0 aliphatic rings. The van der Waals surface area contributed by atoms with Crippen molar-refractivity contribution in [1.82, 2.24) is 5.32 Å². The molecular formula is C13H15F8NO7S. The summed E-state index contributed by atoms with van der Waals surface area (Å²) in [5.74, 6) is -17.5. The molecule has 0 fully saturated rings. The van der Waals surface area contributed by atoms with E-state index in [0.717, 1.165) is 13.8 Å². The summed E-state index contributed by atoms with van der Waals surface area (Å²) in [6.45, 7) is 2.35. The number of ether oxygens (including phenoxy) is 2. The highest BCUT2D eigenvalue weighted by molar-refractivity contribution is 7.87. The van der Waals surface area contributed by atoms with E-state index in [9.17, 15) is 53.1 Å². The maximum atomic E-state index is 13.5. The molecule has 0 saturated heterocycles. The molecule has 0 radical (unpaired) electrons. The lowest BCUT2D eigenvalue weighted by Gasteiger charge is -2.34. The maximum absolute atomic E-state index is 13.5. The van der Waals surface area contributed by atoms with Gasteiger partial charge in [-0.25, -0.2) is 4.79 Å². The van der Waals surface area contributed by atoms with Crippen LogP contribution in [0.3, 0.4) is 0 Å². The summed E-state index contributed by atoms with van der Waals surface area (Å²) < 4.78 is 143. The van der Waals surface area contributed by atoms with Crippen LogP contribution in [0.15, 0.2) is 12.4 Å². The first-order chi connectivity index (χ1) is 13.1. The van der Waals surface area contributed by atoms with E-state index in [1.165, 1.54) is 0 Å². The van der Waals surface area contributed by atoms with Crippen LogP contribution >= 0.6 is 0 Å². The number of esters is 1. The highest BCUT2D eigenvalue weighted by atomic mass is 32.2. The summed E-state index contributed by atoms with van der Waals surface area (Å²) in [5.41, 5.74) is 0. The third-order valence-electron chi connectivity index (χ3n) is 3.02. The first-order valence-electron chi connectivity index (χ1n) is 7.44. The highest BCUT2D eigenvalue weighted by Crippen LogP contribution is 2.42. The Bertz CT molecular complexity index is 781. The zero-order chi connectivity index (χ0) is 24.3. The zero-order valence-corrected chi connectivity index (χ0v) is 15.8. The Morgan fingerprint density at radius 2 is 1.57 bits per heavy atom. The lowest BCUT2D eigenvalue weighted by atomic mass is 10.2. The van der Waals surface area contributed by atoms with Gasteiger partial charge in [0.15, 0.2) is 0 Å². The van der Waals surface area contributed by atoms with Crippen LogP contribution in [0.1, 0.15) is 20.3 Å². The van der Waals surface area contributed by atoms with Crippen LogP contribution in [0.4, 0.5) is 35.1 Å². The van der Waals surface area contributed by atoms with E-state index in [2.05, 4.69) is 16.1 Å². The number of hydrogen-bond acceptors (Lipinski definition) is 6. The summed E-state index contributed by atoms with van der Waals surface area (Å²) in [7, 11) is -6.70. The number of alkyl halides is 7. The fourth-order valence-corrected chi connectivity index (χ4v) is 2.09. The summed E-state index contributed by atoms with van der Waals surface area (Å²) in [4.78, 5) is 23.1. The van der Waals surface area contributed by atoms with Crippen LogP contribution in [0.2, 0.25) is 0 Å². The van der Waals surface area contributed by atoms with Gasteiger partial charge in [-0.05, 0) is 13.8 Å². The maximum Gasteiger partial charge on any atom is 0.466 e. The van der Waals surface area contributed by atoms with E-state index in [0.29, 0.717) is 0 Å². The second-order valence-electron chi connectivity index (χ2n) is 5.83. The molecule has 17 heteroatoms. The fraction of sp³-hybridized carbons (Fsp3) is 0.692. The normalized spacial score (nSPS) is 15.5. The van der Waals surface area contributed by atoms with Crippen LogP contribution in [0.25, 0.3) is 0 Å². The quantitative estimate of drug-likeness (QED) is 0.162. The van der Waals surface area contributed by atoms with Crippen molar-refractivity contribution >= 4 is 22.0 Å². The molecule has 8 nitrogen and oxygen atoms in total. The Morgan fingerprint density at radius 3 is 1.90 bits per heavy atom. The van der Waals surface area contributed by atoms with Gasteiger partial charge in [0.2, 0.25) is 5.83 Å². The van der Waals surface area contributed by atoms with Gasteiger partial charge in [-0.2, -0.15) is 43.5 Å². The number of hydrogen-bond donors (Lipinski definition) is 2. The number of nitrogens with one attached hydrogen (secondary N) is 1. The van der Waals surface area contributed by atoms with Crippen molar-refractivity contribution in [2.24, 2.45) is 0 Å². The van der Waals surface area contributed by atoms with E-state index in [1.54, 1.807) is 5.32 Å². The molecule has 0 spiro atoms. The van der Waals surface area contributed by atoms with Gasteiger partial charge in [0.05, 0.1) is 6.61 Å². The number of carbonyl (C=O) groups is 2. The molecule has 0 aliphatic carbocycles. The molecule has 0 aromatic heterocycles. The molecule has 0 aromatic carbocycles. The van der Waals surface area contributed by atoms with Gasteiger partial charge in [-0.1, -0.05) is 6.58 Å². The van der Waals surface area contributed by atoms with Crippen molar-refractivity contribution in [3.05, 3.63) is 12.4 Å². The third-order valence-corrected chi connectivity index (χ3v) is 3.97. The molecule has 0 bridgehead atoms. The van der Waals surface area contributed by atoms with E-state index in [1.807, 2.05) is 0 Å². The Balaban J connectivity index is 6.03. The molecule has 0 heterocycles. The lowest BCUT2D eigenvalue weighted by molar-refractivity contribution is -0.350. The molecule has 1 amide bonds. The van der Waals surface area contributed by atoms with Gasteiger partial charge in [-0.3, -0.25) is 9.35 Å². The molecule has 30 heavy (non-hydrogen) atoms. The SMILES string of the molecule is C=C(F)C(=O)OC(OCCC(F)(F)C(F)(F)S(=O)(=O)O)(C(=O)NC(C)C)C(F)(F)F. The smallest absolute Gasteiger partial charge is 0.410 e. The predicted molar refractivity (Wildman–Crippen MR) is 80.4 cm³/mol. The fourth-order valence-electron chi connectivity index (χ4n) is 1.61. The van der Waals surface area contributed by atoms with Crippen LogP contribution in [0.5, 0.6) is 0 Å². The second kappa shape index (κ2) is 9.01. The number of halogens is 8. The van der Waals surface area contributed by atoms with Crippen molar-refractivity contribution in [1.29, 1.82) is 0 Å². The first kappa shape index (κ1) is 28.0. The third kappa shape index (κ3) is 6.00. The Kier molecular flexibility index (Phi) is 8.40. The monoisotopic (exact) mass is 481 g/mol. The van der Waals surface area contributed by atoms with Crippen LogP contribution < -0.4 is 5.32 Å². The molecule has 176 valence electrons. The topological polar surface area (TPSA) is 119 Å². The number of amides is 1. The lowest BCUT2D eigenvalue weighted by Crippen LogP contribution is -2.62. The average Bonchev–Trinajstić information content (AvgIpc) is 2.50. The first-order valence-corrected chi connectivity index (χ1v) is 8.88. The van der Waals surface area contributed by atoms with Gasteiger partial charge in [0.1, 0.15) is 0 Å². The van der Waals surface area contributed by atoms with Crippen LogP contribution in [-0.4, -0.2) is 60.6 Å². The molecule has 0 aliphatic heterocycles. The van der Waals surface area contributed by atoms with Crippen molar-refractivity contribution in [3.63, 3.8) is 0 Å². The molecule has 2 N–H and O–H groups in total. The van der Waals surface area contributed by atoms with Gasteiger partial charge in [0, 0.05) is 12.5 Å². The molecule has 0 saturated carbocycles. The number of rotatable bonds is 10. The Labute approximate surface area is 163 Å². The van der Waals surface area contributed by atoms with E-state index in [-0.39, 0.29) is 0 Å². The summed E-state index contributed by atoms with van der Waals surface area (Å²) in [6, 6.07) is -1.10. The molecule has 0 rings (SSSR count). The van der Waals surface area contributed by atoms with Crippen molar-refractivity contribution in [2.45, 2.75) is 49.5 Å². The van der Waals surface area contributed by atoms with Gasteiger partial charge in [-0.15, -0.1) is 0 Å². The van der Waals surface area contributed by atoms with Gasteiger partial charge < -0.3 is 14.8 Å². The Morgan fingerprint density at radius 1 is 1.10 bits per heavy atom. The summed E-state index contributed by atoms with van der Waals surface area (Å²) in [6.07, 6.45) is -8.57. The van der Waals surface area contributed by atoms with Crippen molar-refractivity contribution < 1.29 is 67.2 Å². The molecule has 1 unspecified atom stereocenters. The molecule has 0 aromatic rings. The zero-order valence-electron chi connectivity index (χ0n) is 15.0. The van der Waals surface area contributed by atoms with Gasteiger partial charge in [0.25, 0.3) is 0 Å². The molecular weight excluding hydrogens is 466 g/mol. The standard InChI is InChI=1S/C13H15F8NO7S/c1-6(2)22-9(24)11(12(17,18)19,29-8(23)7(3)14)28-5-4-10(15,16)13(20,21)30(25,26)27/h6H,3-5H2,1-2H3,(H,22,24)(H,25,26,27). The van der Waals surface area contributed by atoms with Crippen LogP contribution in [0, 0.1) is 0 Å². The summed E-state index contributed by atoms with van der Waals surface area (Å²) >= 11 is 0. The highest BCUT2D eigenvalue weighted by Gasteiger charge is 2.68. The number of carbonyl (C=O) groups excluding carboxylic acids is 2.